The van der Waals surface area contributed by atoms with E-state index >= 15 is 0 Å². The predicted octanol–water partition coefficient (Wildman–Crippen LogP) is 3.20. The van der Waals surface area contributed by atoms with E-state index in [1.165, 1.54) is 0 Å². The zero-order valence-electron chi connectivity index (χ0n) is 11.4. The first-order valence-corrected chi connectivity index (χ1v) is 7.56. The maximum Gasteiger partial charge on any atom is 0.410 e. The summed E-state index contributed by atoms with van der Waals surface area (Å²) in [5.74, 6) is 0.0930. The van der Waals surface area contributed by atoms with Crippen molar-refractivity contribution in [2.24, 2.45) is 11.8 Å². The molecule has 108 valence electrons. The van der Waals surface area contributed by atoms with E-state index in [0.717, 1.165) is 12.0 Å². The van der Waals surface area contributed by atoms with E-state index in [9.17, 15) is 9.59 Å². The third kappa shape index (κ3) is 3.60. The minimum atomic E-state index is -0.344. The standard InChI is InChI=1S/C15H18BrNO3/c1-2-12-8-17(9-13(12)14(16)18)15(19)20-10-11-6-4-3-5-7-11/h3-7,12-13H,2,8-10H2,1H3/t12-,13-/m0/s1. The lowest BCUT2D eigenvalue weighted by molar-refractivity contribution is -0.114. The number of rotatable bonds is 4. The fourth-order valence-corrected chi connectivity index (χ4v) is 3.02. The molecule has 1 amide bonds. The molecule has 0 unspecified atom stereocenters. The van der Waals surface area contributed by atoms with E-state index in [1.54, 1.807) is 4.90 Å². The summed E-state index contributed by atoms with van der Waals surface area (Å²) in [4.78, 5) is 25.2. The van der Waals surface area contributed by atoms with Crippen LogP contribution in [0.5, 0.6) is 0 Å². The quantitative estimate of drug-likeness (QED) is 0.791. The third-order valence-corrected chi connectivity index (χ3v) is 4.31. The zero-order valence-corrected chi connectivity index (χ0v) is 13.0. The average molecular weight is 340 g/mol. The normalized spacial score (nSPS) is 21.8. The Morgan fingerprint density at radius 3 is 2.55 bits per heavy atom. The van der Waals surface area contributed by atoms with Crippen LogP contribution in [0.2, 0.25) is 0 Å². The minimum Gasteiger partial charge on any atom is -0.445 e. The van der Waals surface area contributed by atoms with E-state index in [-0.39, 0.29) is 29.2 Å². The van der Waals surface area contributed by atoms with E-state index in [4.69, 9.17) is 4.74 Å². The molecule has 0 N–H and O–H groups in total. The van der Waals surface area contributed by atoms with Crippen LogP contribution >= 0.6 is 15.9 Å². The molecule has 1 aliphatic heterocycles. The summed E-state index contributed by atoms with van der Waals surface area (Å²) >= 11 is 3.02. The Kier molecular flexibility index (Phi) is 5.17. The fourth-order valence-electron chi connectivity index (χ4n) is 2.50. The molecule has 0 saturated carbocycles. The van der Waals surface area contributed by atoms with Crippen molar-refractivity contribution in [2.75, 3.05) is 13.1 Å². The van der Waals surface area contributed by atoms with Gasteiger partial charge in [-0.3, -0.25) is 4.79 Å². The molecule has 4 nitrogen and oxygen atoms in total. The van der Waals surface area contributed by atoms with E-state index in [1.807, 2.05) is 37.3 Å². The van der Waals surface area contributed by atoms with Gasteiger partial charge in [0.2, 0.25) is 4.69 Å². The number of hydrogen-bond donors (Lipinski definition) is 0. The Morgan fingerprint density at radius 2 is 2.00 bits per heavy atom. The van der Waals surface area contributed by atoms with Gasteiger partial charge in [-0.05, 0) is 27.4 Å². The van der Waals surface area contributed by atoms with Gasteiger partial charge in [0.1, 0.15) is 6.61 Å². The summed E-state index contributed by atoms with van der Waals surface area (Å²) in [6.45, 7) is 3.33. The minimum absolute atomic E-state index is 0.0253. The van der Waals surface area contributed by atoms with Crippen LogP contribution in [0.1, 0.15) is 18.9 Å². The van der Waals surface area contributed by atoms with Gasteiger partial charge in [0, 0.05) is 13.1 Å². The number of carbonyl (C=O) groups excluding carboxylic acids is 2. The number of halogens is 1. The van der Waals surface area contributed by atoms with Crippen molar-refractivity contribution in [1.82, 2.24) is 4.90 Å². The van der Waals surface area contributed by atoms with Crippen LogP contribution in [-0.2, 0) is 16.1 Å². The van der Waals surface area contributed by atoms with Crippen molar-refractivity contribution in [3.05, 3.63) is 35.9 Å². The van der Waals surface area contributed by atoms with Crippen LogP contribution in [0.4, 0.5) is 4.79 Å². The molecule has 20 heavy (non-hydrogen) atoms. The van der Waals surface area contributed by atoms with Crippen molar-refractivity contribution < 1.29 is 14.3 Å². The monoisotopic (exact) mass is 339 g/mol. The summed E-state index contributed by atoms with van der Waals surface area (Å²) < 4.78 is 5.27. The largest absolute Gasteiger partial charge is 0.445 e. The summed E-state index contributed by atoms with van der Waals surface area (Å²) in [5, 5.41) is 0. The van der Waals surface area contributed by atoms with Crippen molar-refractivity contribution in [2.45, 2.75) is 20.0 Å². The smallest absolute Gasteiger partial charge is 0.410 e. The SMILES string of the molecule is CC[C@H]1CN(C(=O)OCc2ccccc2)C[C@@H]1C(=O)Br. The maximum atomic E-state index is 12.0. The summed E-state index contributed by atoms with van der Waals surface area (Å²) in [6.07, 6.45) is 0.536. The highest BCUT2D eigenvalue weighted by atomic mass is 79.9. The second kappa shape index (κ2) is 6.88. The molecule has 0 bridgehead atoms. The molecule has 0 spiro atoms. The van der Waals surface area contributed by atoms with Crippen molar-refractivity contribution in [3.63, 3.8) is 0 Å². The Hall–Kier alpha value is -1.36. The van der Waals surface area contributed by atoms with E-state index < -0.39 is 0 Å². The Balaban J connectivity index is 1.89. The van der Waals surface area contributed by atoms with Gasteiger partial charge < -0.3 is 9.64 Å². The van der Waals surface area contributed by atoms with Gasteiger partial charge in [0.15, 0.2) is 0 Å². The first-order chi connectivity index (χ1) is 9.61. The van der Waals surface area contributed by atoms with Gasteiger partial charge in [0.05, 0.1) is 5.92 Å². The summed E-state index contributed by atoms with van der Waals surface area (Å²) in [6, 6.07) is 9.56. The van der Waals surface area contributed by atoms with Gasteiger partial charge in [-0.25, -0.2) is 4.79 Å². The lowest BCUT2D eigenvalue weighted by atomic mass is 9.95. The van der Waals surface area contributed by atoms with Crippen molar-refractivity contribution >= 4 is 26.7 Å². The molecule has 2 rings (SSSR count). The predicted molar refractivity (Wildman–Crippen MR) is 79.4 cm³/mol. The van der Waals surface area contributed by atoms with Crippen LogP contribution in [0.25, 0.3) is 0 Å². The molecular weight excluding hydrogens is 322 g/mol. The molecule has 1 saturated heterocycles. The second-order valence-corrected chi connectivity index (χ2v) is 5.81. The summed E-state index contributed by atoms with van der Waals surface area (Å²) in [5.41, 5.74) is 0.959. The van der Waals surface area contributed by atoms with E-state index in [0.29, 0.717) is 13.1 Å². The molecule has 0 aromatic heterocycles. The maximum absolute atomic E-state index is 12.0. The number of hydrogen-bond acceptors (Lipinski definition) is 3. The van der Waals surface area contributed by atoms with Gasteiger partial charge >= 0.3 is 6.09 Å². The first-order valence-electron chi connectivity index (χ1n) is 6.76. The highest BCUT2D eigenvalue weighted by Crippen LogP contribution is 2.29. The molecule has 1 aromatic rings. The lowest BCUT2D eigenvalue weighted by Gasteiger charge is -2.16. The Morgan fingerprint density at radius 1 is 1.30 bits per heavy atom. The van der Waals surface area contributed by atoms with Crippen LogP contribution in [-0.4, -0.2) is 28.8 Å². The van der Waals surface area contributed by atoms with E-state index in [2.05, 4.69) is 15.9 Å². The van der Waals surface area contributed by atoms with Crippen molar-refractivity contribution in [3.8, 4) is 0 Å². The van der Waals surface area contributed by atoms with Crippen molar-refractivity contribution in [1.29, 1.82) is 0 Å². The van der Waals surface area contributed by atoms with Crippen LogP contribution in [0.15, 0.2) is 30.3 Å². The Labute approximate surface area is 127 Å². The highest BCUT2D eigenvalue weighted by Gasteiger charge is 2.38. The van der Waals surface area contributed by atoms with Gasteiger partial charge in [-0.15, -0.1) is 0 Å². The van der Waals surface area contributed by atoms with Gasteiger partial charge in [0.25, 0.3) is 0 Å². The molecule has 0 radical (unpaired) electrons. The molecule has 5 heteroatoms. The van der Waals surface area contributed by atoms with Crippen LogP contribution < -0.4 is 0 Å². The number of ether oxygens (including phenoxy) is 1. The lowest BCUT2D eigenvalue weighted by Crippen LogP contribution is -2.30. The molecule has 2 atom stereocenters. The molecule has 0 aliphatic carbocycles. The number of carbonyl (C=O) groups is 2. The molecule has 1 aromatic carbocycles. The van der Waals surface area contributed by atoms with Crippen LogP contribution in [0, 0.1) is 11.8 Å². The number of likely N-dealkylation sites (tertiary alicyclic amines) is 1. The summed E-state index contributed by atoms with van der Waals surface area (Å²) in [7, 11) is 0. The fraction of sp³-hybridized carbons (Fsp3) is 0.467. The highest BCUT2D eigenvalue weighted by molar-refractivity contribution is 9.18. The molecule has 1 fully saturated rings. The number of amides is 1. The average Bonchev–Trinajstić information content (AvgIpc) is 2.90. The topological polar surface area (TPSA) is 46.6 Å². The number of benzene rings is 1. The first kappa shape index (κ1) is 15.0. The molecule has 1 heterocycles. The third-order valence-electron chi connectivity index (χ3n) is 3.72. The molecular formula is C15H18BrNO3. The second-order valence-electron chi connectivity index (χ2n) is 5.02. The number of nitrogens with zero attached hydrogens (tertiary/aromatic N) is 1. The van der Waals surface area contributed by atoms with Crippen LogP contribution in [0.3, 0.4) is 0 Å². The zero-order chi connectivity index (χ0) is 14.5. The Bertz CT molecular complexity index is 477. The van der Waals surface area contributed by atoms with Gasteiger partial charge in [-0.2, -0.15) is 0 Å². The van der Waals surface area contributed by atoms with Gasteiger partial charge in [-0.1, -0.05) is 43.7 Å². The molecule has 1 aliphatic rings.